The topological polar surface area (TPSA) is 76.4 Å². The van der Waals surface area contributed by atoms with Crippen molar-refractivity contribution in [3.05, 3.63) is 65.3 Å². The number of hydrogen-bond donors (Lipinski definition) is 1. The van der Waals surface area contributed by atoms with Gasteiger partial charge in [0.15, 0.2) is 0 Å². The Balaban J connectivity index is 0.00000225. The third kappa shape index (κ3) is 4.10. The minimum atomic E-state index is -3.83. The predicted molar refractivity (Wildman–Crippen MR) is 99.1 cm³/mol. The van der Waals surface area contributed by atoms with Crippen molar-refractivity contribution in [1.82, 2.24) is 3.97 Å². The van der Waals surface area contributed by atoms with Crippen molar-refractivity contribution in [1.29, 1.82) is 0 Å². The first-order chi connectivity index (χ1) is 11.4. The van der Waals surface area contributed by atoms with Crippen LogP contribution in [0, 0.1) is 0 Å². The summed E-state index contributed by atoms with van der Waals surface area (Å²) in [6, 6.07) is 14.6. The fourth-order valence-corrected chi connectivity index (χ4v) is 4.38. The molecule has 8 heteroatoms. The summed E-state index contributed by atoms with van der Waals surface area (Å²) in [5.41, 5.74) is 0.891. The van der Waals surface area contributed by atoms with Gasteiger partial charge < -0.3 is 5.11 Å². The Kier molecular flexibility index (Phi) is 6.35. The molecule has 126 valence electrons. The molecule has 0 bridgehead atoms. The molecule has 0 radical (unpaired) electrons. The summed E-state index contributed by atoms with van der Waals surface area (Å²) in [4.78, 5) is 11.0. The van der Waals surface area contributed by atoms with E-state index in [1.807, 2.05) is 0 Å². The quantitative estimate of drug-likeness (QED) is 0.683. The number of aromatic nitrogens is 1. The molecule has 0 fully saturated rings. The van der Waals surface area contributed by atoms with E-state index in [1.165, 1.54) is 16.1 Å². The van der Waals surface area contributed by atoms with Crippen LogP contribution in [0.25, 0.3) is 10.9 Å². The van der Waals surface area contributed by atoms with E-state index in [-0.39, 0.29) is 47.3 Å². The van der Waals surface area contributed by atoms with Gasteiger partial charge in [-0.15, -0.1) is 0 Å². The first-order valence-corrected chi connectivity index (χ1v) is 9.04. The molecule has 1 heterocycles. The summed E-state index contributed by atoms with van der Waals surface area (Å²) >= 11 is 5.99. The van der Waals surface area contributed by atoms with Gasteiger partial charge in [0.05, 0.1) is 16.8 Å². The fraction of sp³-hybridized carbons (Fsp3) is 0.118. The molecule has 0 spiro atoms. The SMILES string of the molecule is O=C(O)CCc1cc2cc(Cl)ccc2n1S(=O)(=O)c1ccccc1.[NaH]. The molecule has 1 N–H and O–H groups in total. The van der Waals surface area contributed by atoms with E-state index < -0.39 is 16.0 Å². The van der Waals surface area contributed by atoms with E-state index in [1.54, 1.807) is 42.5 Å². The molecular weight excluding hydrogens is 373 g/mol. The van der Waals surface area contributed by atoms with Crippen LogP contribution in [0.4, 0.5) is 0 Å². The number of aryl methyl sites for hydroxylation is 1. The number of benzene rings is 2. The summed E-state index contributed by atoms with van der Waals surface area (Å²) in [5.74, 6) is -0.984. The Morgan fingerprint density at radius 2 is 1.76 bits per heavy atom. The standard InChI is InChI=1S/C17H14ClNO4S.Na.H/c18-13-6-8-16-12(10-13)11-14(7-9-17(20)21)19(16)24(22,23)15-4-2-1-3-5-15;;/h1-6,8,10-11H,7,9H2,(H,20,21);;. The van der Waals surface area contributed by atoms with Crippen molar-refractivity contribution in [2.45, 2.75) is 17.7 Å². The van der Waals surface area contributed by atoms with Gasteiger partial charge >= 0.3 is 35.5 Å². The second kappa shape index (κ2) is 7.93. The molecule has 0 saturated heterocycles. The first-order valence-electron chi connectivity index (χ1n) is 7.22. The van der Waals surface area contributed by atoms with Gasteiger partial charge in [0, 0.05) is 16.1 Å². The van der Waals surface area contributed by atoms with Crippen LogP contribution in [0.15, 0.2) is 59.5 Å². The summed E-state index contributed by atoms with van der Waals surface area (Å²) in [7, 11) is -3.83. The number of carboxylic acids is 1. The first kappa shape index (κ1) is 20.0. The van der Waals surface area contributed by atoms with Crippen molar-refractivity contribution in [3.63, 3.8) is 0 Å². The third-order valence-electron chi connectivity index (χ3n) is 3.67. The normalized spacial score (nSPS) is 11.2. The van der Waals surface area contributed by atoms with Crippen LogP contribution in [-0.4, -0.2) is 53.0 Å². The summed E-state index contributed by atoms with van der Waals surface area (Å²) < 4.78 is 27.3. The number of rotatable bonds is 5. The molecule has 3 rings (SSSR count). The molecule has 0 aliphatic rings. The number of halogens is 1. The maximum absolute atomic E-state index is 13.0. The van der Waals surface area contributed by atoms with Crippen LogP contribution in [-0.2, 0) is 21.2 Å². The average Bonchev–Trinajstić information content (AvgIpc) is 2.91. The molecule has 0 aliphatic carbocycles. The molecule has 2 aromatic carbocycles. The molecule has 0 atom stereocenters. The van der Waals surface area contributed by atoms with Gasteiger partial charge in [-0.1, -0.05) is 29.8 Å². The third-order valence-corrected chi connectivity index (χ3v) is 5.68. The average molecular weight is 388 g/mol. The van der Waals surface area contributed by atoms with E-state index >= 15 is 0 Å². The Bertz CT molecular complexity index is 1020. The Labute approximate surface area is 172 Å². The van der Waals surface area contributed by atoms with E-state index in [4.69, 9.17) is 16.7 Å². The number of carboxylic acid groups (broad SMARTS) is 1. The second-order valence-corrected chi connectivity index (χ2v) is 7.54. The fourth-order valence-electron chi connectivity index (χ4n) is 2.61. The Hall–Kier alpha value is -1.31. The molecule has 1 aromatic heterocycles. The number of carbonyl (C=O) groups is 1. The summed E-state index contributed by atoms with van der Waals surface area (Å²) in [6.45, 7) is 0. The van der Waals surface area contributed by atoms with Gasteiger partial charge in [-0.2, -0.15) is 0 Å². The van der Waals surface area contributed by atoms with Crippen LogP contribution in [0.3, 0.4) is 0 Å². The van der Waals surface area contributed by atoms with Crippen molar-refractivity contribution >= 4 is 68.1 Å². The number of fused-ring (bicyclic) bond motifs is 1. The molecule has 0 amide bonds. The molecule has 0 unspecified atom stereocenters. The zero-order valence-corrected chi connectivity index (χ0v) is 14.1. The Morgan fingerprint density at radius 3 is 2.40 bits per heavy atom. The predicted octanol–water partition coefficient (Wildman–Crippen LogP) is 2.90. The second-order valence-electron chi connectivity index (χ2n) is 5.32. The molecule has 0 saturated carbocycles. The van der Waals surface area contributed by atoms with Crippen LogP contribution in [0.1, 0.15) is 12.1 Å². The summed E-state index contributed by atoms with van der Waals surface area (Å²) in [6.07, 6.45) is -0.0535. The van der Waals surface area contributed by atoms with E-state index in [0.717, 1.165) is 0 Å². The van der Waals surface area contributed by atoms with Gasteiger partial charge in [0.2, 0.25) is 0 Å². The van der Waals surface area contributed by atoms with Crippen molar-refractivity contribution in [2.24, 2.45) is 0 Å². The van der Waals surface area contributed by atoms with Crippen LogP contribution < -0.4 is 0 Å². The van der Waals surface area contributed by atoms with E-state index in [9.17, 15) is 13.2 Å². The van der Waals surface area contributed by atoms with Crippen molar-refractivity contribution in [3.8, 4) is 0 Å². The van der Waals surface area contributed by atoms with Crippen molar-refractivity contribution < 1.29 is 18.3 Å². The van der Waals surface area contributed by atoms with Crippen LogP contribution in [0.5, 0.6) is 0 Å². The van der Waals surface area contributed by atoms with E-state index in [0.29, 0.717) is 21.6 Å². The molecule has 25 heavy (non-hydrogen) atoms. The Morgan fingerprint density at radius 1 is 1.08 bits per heavy atom. The number of nitrogens with zero attached hydrogens (tertiary/aromatic N) is 1. The summed E-state index contributed by atoms with van der Waals surface area (Å²) in [5, 5.41) is 10.1. The minimum absolute atomic E-state index is 0. The zero-order valence-electron chi connectivity index (χ0n) is 12.5. The van der Waals surface area contributed by atoms with Gasteiger partial charge in [-0.05, 0) is 42.8 Å². The molecule has 3 aromatic rings. The van der Waals surface area contributed by atoms with Gasteiger partial charge in [0.1, 0.15) is 0 Å². The maximum atomic E-state index is 13.0. The monoisotopic (exact) mass is 387 g/mol. The molecule has 5 nitrogen and oxygen atoms in total. The van der Waals surface area contributed by atoms with Crippen molar-refractivity contribution in [2.75, 3.05) is 0 Å². The molecule has 0 aliphatic heterocycles. The van der Waals surface area contributed by atoms with Crippen LogP contribution in [0.2, 0.25) is 5.02 Å². The van der Waals surface area contributed by atoms with Crippen LogP contribution >= 0.6 is 11.6 Å². The number of aliphatic carboxylic acids is 1. The van der Waals surface area contributed by atoms with Gasteiger partial charge in [-0.25, -0.2) is 12.4 Å². The van der Waals surface area contributed by atoms with E-state index in [2.05, 4.69) is 0 Å². The van der Waals surface area contributed by atoms with Gasteiger partial charge in [-0.3, -0.25) is 4.79 Å². The number of hydrogen-bond acceptors (Lipinski definition) is 3. The zero-order chi connectivity index (χ0) is 17.3. The van der Waals surface area contributed by atoms with Gasteiger partial charge in [0.25, 0.3) is 10.0 Å². The molecular formula is C17H15ClNNaO4S.